The maximum Gasteiger partial charge on any atom is 0.309 e. The van der Waals surface area contributed by atoms with Gasteiger partial charge in [0.05, 0.1) is 17.2 Å². The highest BCUT2D eigenvalue weighted by Crippen LogP contribution is 2.38. The molecular weight excluding hydrogens is 472 g/mol. The molecule has 2 aromatic heterocycles. The van der Waals surface area contributed by atoms with Crippen LogP contribution in [0.2, 0.25) is 5.28 Å². The zero-order chi connectivity index (χ0) is 26.2. The molecule has 3 N–H and O–H groups in total. The highest BCUT2D eigenvalue weighted by Gasteiger charge is 2.41. The van der Waals surface area contributed by atoms with Gasteiger partial charge in [-0.2, -0.15) is 4.98 Å². The topological polar surface area (TPSA) is 130 Å². The molecule has 3 heterocycles. The normalized spacial score (nSPS) is 19.4. The van der Waals surface area contributed by atoms with E-state index < -0.39 is 11.6 Å². The van der Waals surface area contributed by atoms with Gasteiger partial charge in [0.1, 0.15) is 24.3 Å². The van der Waals surface area contributed by atoms with E-state index in [0.29, 0.717) is 29.7 Å². The maximum atomic E-state index is 12.2. The molecule has 35 heavy (non-hydrogen) atoms. The highest BCUT2D eigenvalue weighted by atomic mass is 35.5. The highest BCUT2D eigenvalue weighted by molar-refractivity contribution is 6.28. The van der Waals surface area contributed by atoms with Gasteiger partial charge in [-0.25, -0.2) is 4.98 Å². The molecule has 1 aliphatic rings. The largest absolute Gasteiger partial charge is 0.481 e. The number of nitrogens with two attached hydrogens (primary N) is 1. The number of aromatic nitrogens is 3. The molecule has 0 aromatic carbocycles. The zero-order valence-corrected chi connectivity index (χ0v) is 21.5. The molecule has 0 saturated carbocycles. The maximum absolute atomic E-state index is 12.2. The standard InChI is InChI=1S/C19H23ClN4O3.C6H12O2/c1-4-12(5-2)17(25)26-11-19(6-3)9-7-14(27-19)24-10-8-13-15(21)22-18(20)23-16(13)24;1-3-5(4-2)6(7)8/h3,8,10,12,14H,4-5,7,9,11H2,1-2H3,(H2,21,22,23);5H,3-4H2,1-2H3,(H,7,8). The molecule has 3 rings (SSSR count). The second-order valence-corrected chi connectivity index (χ2v) is 8.90. The van der Waals surface area contributed by atoms with Crippen LogP contribution >= 0.6 is 11.6 Å². The van der Waals surface area contributed by atoms with E-state index >= 15 is 0 Å². The van der Waals surface area contributed by atoms with Crippen LogP contribution in [0.1, 0.15) is 72.4 Å². The Balaban J connectivity index is 0.000000466. The van der Waals surface area contributed by atoms with E-state index in [1.807, 2.05) is 44.5 Å². The fourth-order valence-electron chi connectivity index (χ4n) is 4.01. The summed E-state index contributed by atoms with van der Waals surface area (Å²) in [4.78, 5) is 30.6. The number of nitrogens with zero attached hydrogens (tertiary/aromatic N) is 3. The summed E-state index contributed by atoms with van der Waals surface area (Å²) in [5.41, 5.74) is 5.53. The molecule has 192 valence electrons. The van der Waals surface area contributed by atoms with Gasteiger partial charge in [0, 0.05) is 6.20 Å². The van der Waals surface area contributed by atoms with Gasteiger partial charge in [-0.3, -0.25) is 9.59 Å². The lowest BCUT2D eigenvalue weighted by molar-refractivity contribution is -0.157. The molecule has 2 aromatic rings. The Bertz CT molecular complexity index is 1060. The van der Waals surface area contributed by atoms with Gasteiger partial charge in [-0.05, 0) is 56.2 Å². The van der Waals surface area contributed by atoms with Crippen LogP contribution in [0.5, 0.6) is 0 Å². The van der Waals surface area contributed by atoms with E-state index in [1.165, 1.54) is 0 Å². The number of carbonyl (C=O) groups excluding carboxylic acids is 1. The number of nitrogen functional groups attached to an aromatic ring is 1. The molecule has 2 unspecified atom stereocenters. The number of hydrogen-bond acceptors (Lipinski definition) is 7. The van der Waals surface area contributed by atoms with Crippen molar-refractivity contribution in [2.24, 2.45) is 11.8 Å². The molecule has 0 bridgehead atoms. The number of hydrogen-bond donors (Lipinski definition) is 2. The average Bonchev–Trinajstić information content (AvgIpc) is 3.44. The minimum Gasteiger partial charge on any atom is -0.481 e. The second-order valence-electron chi connectivity index (χ2n) is 8.56. The molecule has 0 spiro atoms. The summed E-state index contributed by atoms with van der Waals surface area (Å²) in [5, 5.41) is 9.14. The molecule has 1 aliphatic heterocycles. The zero-order valence-electron chi connectivity index (χ0n) is 20.8. The molecule has 2 atom stereocenters. The number of carboxylic acids is 1. The number of carbonyl (C=O) groups is 2. The molecular formula is C25H35ClN4O5. The van der Waals surface area contributed by atoms with Crippen molar-refractivity contribution < 1.29 is 24.2 Å². The van der Waals surface area contributed by atoms with E-state index in [0.717, 1.165) is 25.7 Å². The van der Waals surface area contributed by atoms with Crippen LogP contribution in [0.3, 0.4) is 0 Å². The first-order valence-electron chi connectivity index (χ1n) is 12.0. The van der Waals surface area contributed by atoms with Crippen molar-refractivity contribution in [2.45, 2.75) is 78.0 Å². The quantitative estimate of drug-likeness (QED) is 0.281. The number of esters is 1. The Morgan fingerprint density at radius 2 is 1.91 bits per heavy atom. The lowest BCUT2D eigenvalue weighted by Gasteiger charge is -2.25. The number of fused-ring (bicyclic) bond motifs is 1. The van der Waals surface area contributed by atoms with Crippen molar-refractivity contribution in [1.82, 2.24) is 14.5 Å². The Kier molecular flexibility index (Phi) is 10.3. The van der Waals surface area contributed by atoms with Crippen LogP contribution < -0.4 is 5.73 Å². The fraction of sp³-hybridized carbons (Fsp3) is 0.600. The van der Waals surface area contributed by atoms with Crippen LogP contribution in [0.4, 0.5) is 5.82 Å². The predicted molar refractivity (Wildman–Crippen MR) is 135 cm³/mol. The molecule has 0 radical (unpaired) electrons. The predicted octanol–water partition coefficient (Wildman–Crippen LogP) is 4.83. The van der Waals surface area contributed by atoms with E-state index in [-0.39, 0.29) is 35.9 Å². The third-order valence-electron chi connectivity index (χ3n) is 6.41. The third kappa shape index (κ3) is 6.86. The van der Waals surface area contributed by atoms with Gasteiger partial charge in [0.15, 0.2) is 5.60 Å². The van der Waals surface area contributed by atoms with Gasteiger partial charge in [0.2, 0.25) is 5.28 Å². The Labute approximate surface area is 211 Å². The van der Waals surface area contributed by atoms with Gasteiger partial charge in [0.25, 0.3) is 0 Å². The summed E-state index contributed by atoms with van der Waals surface area (Å²) in [6, 6.07) is 1.81. The van der Waals surface area contributed by atoms with Crippen LogP contribution in [-0.4, -0.2) is 43.8 Å². The monoisotopic (exact) mass is 506 g/mol. The molecule has 1 saturated heterocycles. The Morgan fingerprint density at radius 1 is 1.29 bits per heavy atom. The van der Waals surface area contributed by atoms with Gasteiger partial charge in [-0.1, -0.05) is 33.6 Å². The van der Waals surface area contributed by atoms with Gasteiger partial charge in [-0.15, -0.1) is 6.42 Å². The Hall–Kier alpha value is -2.83. The molecule has 10 heteroatoms. The van der Waals surface area contributed by atoms with Crippen molar-refractivity contribution in [3.63, 3.8) is 0 Å². The van der Waals surface area contributed by atoms with Crippen molar-refractivity contribution in [3.8, 4) is 12.3 Å². The van der Waals surface area contributed by atoms with E-state index in [9.17, 15) is 9.59 Å². The van der Waals surface area contributed by atoms with Crippen molar-refractivity contribution in [1.29, 1.82) is 0 Å². The number of ether oxygens (including phenoxy) is 2. The molecule has 0 aliphatic carbocycles. The summed E-state index contributed by atoms with van der Waals surface area (Å²) in [6.45, 7) is 7.74. The van der Waals surface area contributed by atoms with Crippen LogP contribution in [0.15, 0.2) is 12.3 Å². The summed E-state index contributed by atoms with van der Waals surface area (Å²) < 4.78 is 13.4. The minimum atomic E-state index is -0.953. The first-order valence-corrected chi connectivity index (χ1v) is 12.4. The first kappa shape index (κ1) is 28.4. The lowest BCUT2D eigenvalue weighted by Crippen LogP contribution is -2.35. The number of halogens is 1. The van der Waals surface area contributed by atoms with Crippen LogP contribution in [0.25, 0.3) is 11.0 Å². The van der Waals surface area contributed by atoms with Crippen molar-refractivity contribution in [2.75, 3.05) is 12.3 Å². The number of aliphatic carboxylic acids is 1. The van der Waals surface area contributed by atoms with Crippen LogP contribution in [-0.2, 0) is 19.1 Å². The van der Waals surface area contributed by atoms with E-state index in [2.05, 4.69) is 15.9 Å². The number of carboxylic acid groups (broad SMARTS) is 1. The molecule has 1 fully saturated rings. The van der Waals surface area contributed by atoms with E-state index in [1.54, 1.807) is 0 Å². The Morgan fingerprint density at radius 3 is 2.43 bits per heavy atom. The minimum absolute atomic E-state index is 0.0341. The second kappa shape index (κ2) is 12.8. The molecule has 0 amide bonds. The summed E-state index contributed by atoms with van der Waals surface area (Å²) in [5.74, 6) is 1.83. The van der Waals surface area contributed by atoms with Crippen LogP contribution in [0, 0.1) is 24.2 Å². The third-order valence-corrected chi connectivity index (χ3v) is 6.57. The fourth-order valence-corrected chi connectivity index (χ4v) is 4.18. The first-order chi connectivity index (χ1) is 16.6. The molecule has 9 nitrogen and oxygen atoms in total. The van der Waals surface area contributed by atoms with Gasteiger partial charge < -0.3 is 24.9 Å². The van der Waals surface area contributed by atoms with Crippen molar-refractivity contribution >= 4 is 40.4 Å². The summed E-state index contributed by atoms with van der Waals surface area (Å²) in [6.07, 6.45) is 11.4. The number of terminal acetylenes is 1. The summed E-state index contributed by atoms with van der Waals surface area (Å²) >= 11 is 5.94. The smallest absolute Gasteiger partial charge is 0.309 e. The van der Waals surface area contributed by atoms with Crippen molar-refractivity contribution in [3.05, 3.63) is 17.5 Å². The lowest BCUT2D eigenvalue weighted by atomic mass is 10.0. The number of rotatable bonds is 9. The van der Waals surface area contributed by atoms with E-state index in [4.69, 9.17) is 38.3 Å². The SMILES string of the molecule is C#CC1(COC(=O)C(CC)CC)CCC(n2ccc3c(N)nc(Cl)nc32)O1.CCC(CC)C(=O)O. The van der Waals surface area contributed by atoms with Gasteiger partial charge >= 0.3 is 11.9 Å². The number of anilines is 1. The average molecular weight is 507 g/mol. The summed E-state index contributed by atoms with van der Waals surface area (Å²) in [7, 11) is 0.